The summed E-state index contributed by atoms with van der Waals surface area (Å²) < 4.78 is 43.0. The molecule has 166 valence electrons. The third-order valence-corrected chi connectivity index (χ3v) is 7.13. The van der Waals surface area contributed by atoms with Gasteiger partial charge in [0.25, 0.3) is 15.9 Å². The molecule has 1 heterocycles. The number of nitrogens with zero attached hydrogens (tertiary/aromatic N) is 2. The number of carbonyl (C=O) groups is 1. The van der Waals surface area contributed by atoms with Gasteiger partial charge in [0.2, 0.25) is 0 Å². The number of amides is 1. The van der Waals surface area contributed by atoms with E-state index in [1.165, 1.54) is 30.3 Å². The molecule has 1 N–H and O–H groups in total. The van der Waals surface area contributed by atoms with E-state index in [0.717, 1.165) is 25.9 Å². The van der Waals surface area contributed by atoms with E-state index in [-0.39, 0.29) is 16.7 Å². The van der Waals surface area contributed by atoms with Crippen molar-refractivity contribution in [2.24, 2.45) is 10.3 Å². The molecule has 0 unspecified atom stereocenters. The van der Waals surface area contributed by atoms with Crippen molar-refractivity contribution in [2.45, 2.75) is 38.5 Å². The van der Waals surface area contributed by atoms with E-state index in [1.807, 2.05) is 0 Å². The van der Waals surface area contributed by atoms with Gasteiger partial charge < -0.3 is 10.2 Å². The molecule has 0 aromatic heterocycles. The van der Waals surface area contributed by atoms with Gasteiger partial charge in [0.05, 0.1) is 4.90 Å². The van der Waals surface area contributed by atoms with Crippen molar-refractivity contribution in [1.82, 2.24) is 4.90 Å². The highest BCUT2D eigenvalue weighted by molar-refractivity contribution is 7.90. The lowest BCUT2D eigenvalue weighted by Gasteiger charge is -2.28. The number of benzene rings is 2. The summed E-state index contributed by atoms with van der Waals surface area (Å²) in [4.78, 5) is 14.9. The van der Waals surface area contributed by atoms with Crippen LogP contribution in [0.1, 0.15) is 41.3 Å². The number of sulfonamides is 1. The topological polar surface area (TPSA) is 78.8 Å². The molecule has 0 aliphatic carbocycles. The van der Waals surface area contributed by atoms with Crippen LogP contribution in [0.4, 0.5) is 10.1 Å². The molecule has 0 atom stereocenters. The predicted molar refractivity (Wildman–Crippen MR) is 121 cm³/mol. The molecule has 2 aromatic rings. The van der Waals surface area contributed by atoms with Crippen molar-refractivity contribution in [2.75, 3.05) is 25.5 Å². The van der Waals surface area contributed by atoms with Gasteiger partial charge in [-0.1, -0.05) is 0 Å². The van der Waals surface area contributed by atoms with Crippen LogP contribution in [0.3, 0.4) is 0 Å². The van der Waals surface area contributed by atoms with E-state index in [9.17, 15) is 17.6 Å². The first-order valence-corrected chi connectivity index (χ1v) is 11.7. The minimum Gasteiger partial charge on any atom is -0.322 e. The summed E-state index contributed by atoms with van der Waals surface area (Å²) in [5, 5.41) is 2.77. The summed E-state index contributed by atoms with van der Waals surface area (Å²) in [5.41, 5.74) is 2.60. The van der Waals surface area contributed by atoms with Crippen LogP contribution >= 0.6 is 0 Å². The first kappa shape index (κ1) is 23.1. The fourth-order valence-corrected chi connectivity index (χ4v) is 4.95. The largest absolute Gasteiger partial charge is 0.322 e. The van der Waals surface area contributed by atoms with Crippen molar-refractivity contribution < 1.29 is 17.6 Å². The average molecular weight is 446 g/mol. The summed E-state index contributed by atoms with van der Waals surface area (Å²) in [7, 11) is -1.78. The number of aryl methyl sites for hydroxylation is 2. The van der Waals surface area contributed by atoms with Crippen molar-refractivity contribution in [3.8, 4) is 0 Å². The lowest BCUT2D eigenvalue weighted by molar-refractivity contribution is 0.102. The van der Waals surface area contributed by atoms with Crippen LogP contribution in [0, 0.1) is 25.6 Å². The van der Waals surface area contributed by atoms with Crippen molar-refractivity contribution in [3.63, 3.8) is 0 Å². The smallest absolute Gasteiger partial charge is 0.282 e. The minimum atomic E-state index is -3.83. The van der Waals surface area contributed by atoms with E-state index in [1.54, 1.807) is 26.8 Å². The molecule has 8 heteroatoms. The number of anilines is 1. The van der Waals surface area contributed by atoms with E-state index in [0.29, 0.717) is 28.1 Å². The van der Waals surface area contributed by atoms with E-state index < -0.39 is 15.8 Å². The normalized spacial score (nSPS) is 16.4. The van der Waals surface area contributed by atoms with Crippen LogP contribution in [-0.2, 0) is 10.0 Å². The van der Waals surface area contributed by atoms with Crippen LogP contribution in [0.15, 0.2) is 45.7 Å². The molecular weight excluding hydrogens is 417 g/mol. The zero-order valence-corrected chi connectivity index (χ0v) is 19.1. The maximum absolute atomic E-state index is 13.3. The molecule has 1 aliphatic rings. The van der Waals surface area contributed by atoms with Gasteiger partial charge in [-0.3, -0.25) is 4.79 Å². The number of rotatable bonds is 5. The lowest BCUT2D eigenvalue weighted by Crippen LogP contribution is -2.33. The van der Waals surface area contributed by atoms with Gasteiger partial charge in [0.1, 0.15) is 5.82 Å². The molecule has 1 amide bonds. The SMILES string of the molecule is C/C(=N/S(=O)(=O)c1ccc(NC(=O)c2ccc(F)cc2C)c(C)c1)C1CCN(C)CC1. The highest BCUT2D eigenvalue weighted by atomic mass is 32.2. The Kier molecular flexibility index (Phi) is 6.91. The summed E-state index contributed by atoms with van der Waals surface area (Å²) >= 11 is 0. The van der Waals surface area contributed by atoms with Crippen LogP contribution in [0.5, 0.6) is 0 Å². The summed E-state index contributed by atoms with van der Waals surface area (Å²) in [6.45, 7) is 7.02. The van der Waals surface area contributed by atoms with Gasteiger partial charge in [0.15, 0.2) is 0 Å². The van der Waals surface area contributed by atoms with E-state index in [2.05, 4.69) is 21.7 Å². The molecule has 3 rings (SSSR count). The number of halogens is 1. The molecule has 2 aromatic carbocycles. The zero-order valence-electron chi connectivity index (χ0n) is 18.3. The first-order valence-electron chi connectivity index (χ1n) is 10.2. The molecule has 1 fully saturated rings. The summed E-state index contributed by atoms with van der Waals surface area (Å²) in [6, 6.07) is 8.46. The van der Waals surface area contributed by atoms with Gasteiger partial charge in [0, 0.05) is 22.9 Å². The number of piperidine rings is 1. The van der Waals surface area contributed by atoms with Gasteiger partial charge >= 0.3 is 0 Å². The van der Waals surface area contributed by atoms with Gasteiger partial charge in [-0.2, -0.15) is 12.8 Å². The molecule has 6 nitrogen and oxygen atoms in total. The Hall–Kier alpha value is -2.58. The molecule has 1 saturated heterocycles. The molecular formula is C23H28FN3O3S. The maximum atomic E-state index is 13.3. The summed E-state index contributed by atoms with van der Waals surface area (Å²) in [6.07, 6.45) is 1.79. The molecule has 31 heavy (non-hydrogen) atoms. The number of nitrogens with one attached hydrogen (secondary N) is 1. The number of carbonyl (C=O) groups excluding carboxylic acids is 1. The van der Waals surface area contributed by atoms with E-state index in [4.69, 9.17) is 0 Å². The third-order valence-electron chi connectivity index (χ3n) is 5.75. The van der Waals surface area contributed by atoms with Gasteiger partial charge in [-0.15, -0.1) is 0 Å². The third kappa shape index (κ3) is 5.57. The van der Waals surface area contributed by atoms with Gasteiger partial charge in [-0.25, -0.2) is 4.39 Å². The number of hydrogen-bond donors (Lipinski definition) is 1. The molecule has 0 bridgehead atoms. The molecule has 1 aliphatic heterocycles. The van der Waals surface area contributed by atoms with E-state index >= 15 is 0 Å². The quantitative estimate of drug-likeness (QED) is 0.700. The van der Waals surface area contributed by atoms with Crippen LogP contribution in [0.25, 0.3) is 0 Å². The molecule has 0 spiro atoms. The average Bonchev–Trinajstić information content (AvgIpc) is 2.69. The Labute approximate surface area is 183 Å². The van der Waals surface area contributed by atoms with Crippen molar-refractivity contribution in [1.29, 1.82) is 0 Å². The Morgan fingerprint density at radius 1 is 1.10 bits per heavy atom. The zero-order chi connectivity index (χ0) is 22.8. The Morgan fingerprint density at radius 2 is 1.77 bits per heavy atom. The monoisotopic (exact) mass is 445 g/mol. The second-order valence-corrected chi connectivity index (χ2v) is 9.78. The number of likely N-dealkylation sites (tertiary alicyclic amines) is 1. The van der Waals surface area contributed by atoms with Gasteiger partial charge in [-0.05, 0) is 101 Å². The van der Waals surface area contributed by atoms with Crippen molar-refractivity contribution in [3.05, 3.63) is 58.9 Å². The number of hydrogen-bond acceptors (Lipinski definition) is 4. The Morgan fingerprint density at radius 3 is 2.39 bits per heavy atom. The minimum absolute atomic E-state index is 0.0910. The first-order chi connectivity index (χ1) is 14.6. The van der Waals surface area contributed by atoms with Crippen LogP contribution in [0.2, 0.25) is 0 Å². The predicted octanol–water partition coefficient (Wildman–Crippen LogP) is 4.19. The maximum Gasteiger partial charge on any atom is 0.282 e. The van der Waals surface area contributed by atoms with Crippen molar-refractivity contribution >= 4 is 27.3 Å². The highest BCUT2D eigenvalue weighted by Gasteiger charge is 2.22. The fraction of sp³-hybridized carbons (Fsp3) is 0.391. The second kappa shape index (κ2) is 9.28. The highest BCUT2D eigenvalue weighted by Crippen LogP contribution is 2.24. The Bertz CT molecular complexity index is 1120. The lowest BCUT2D eigenvalue weighted by atomic mass is 9.93. The fourth-order valence-electron chi connectivity index (χ4n) is 3.75. The molecule has 0 radical (unpaired) electrons. The van der Waals surface area contributed by atoms with Crippen LogP contribution < -0.4 is 5.32 Å². The molecule has 0 saturated carbocycles. The Balaban J connectivity index is 1.77. The van der Waals surface area contributed by atoms with Crippen LogP contribution in [-0.4, -0.2) is 45.1 Å². The standard InChI is InChI=1S/C23H28FN3O3S/c1-15-13-19(24)5-7-21(15)23(28)25-22-8-6-20(14-16(22)2)31(29,30)26-17(3)18-9-11-27(4)12-10-18/h5-8,13-14,18H,9-12H2,1-4H3,(H,25,28)/b26-17-. The second-order valence-electron chi connectivity index (χ2n) is 8.18. The summed E-state index contributed by atoms with van der Waals surface area (Å²) in [5.74, 6) is -0.618.